The second-order valence-corrected chi connectivity index (χ2v) is 18.7. The maximum absolute atomic E-state index is 12.8. The third-order valence-corrected chi connectivity index (χ3v) is 16.9. The van der Waals surface area contributed by atoms with Crippen LogP contribution < -0.4 is 0 Å². The van der Waals surface area contributed by atoms with Crippen LogP contribution in [-0.2, 0) is 33.2 Å². The molecule has 2 spiro atoms. The summed E-state index contributed by atoms with van der Waals surface area (Å²) < 4.78 is 36.8. The van der Waals surface area contributed by atoms with E-state index in [-0.39, 0.29) is 35.8 Å². The van der Waals surface area contributed by atoms with Gasteiger partial charge in [-0.1, -0.05) is 27.7 Å². The monoisotopic (exact) mass is 655 g/mol. The van der Waals surface area contributed by atoms with Crippen LogP contribution in [0.3, 0.4) is 0 Å². The normalized spacial score (nSPS) is 51.0. The van der Waals surface area contributed by atoms with Crippen LogP contribution in [0.25, 0.3) is 0 Å². The number of carbonyl (C=O) groups is 1. The van der Waals surface area contributed by atoms with Gasteiger partial charge in [-0.25, -0.2) is 0 Å². The Hall–Kier alpha value is -0.770. The molecule has 8 nitrogen and oxygen atoms in total. The number of esters is 1. The van der Waals surface area contributed by atoms with Crippen molar-refractivity contribution < 1.29 is 33.2 Å². The summed E-state index contributed by atoms with van der Waals surface area (Å²) in [5.74, 6) is 2.09. The third-order valence-electron chi connectivity index (χ3n) is 16.9. The molecule has 0 aromatic rings. The molecule has 5 saturated carbocycles. The van der Waals surface area contributed by atoms with Crippen LogP contribution in [0.15, 0.2) is 0 Å². The van der Waals surface area contributed by atoms with Crippen molar-refractivity contribution in [1.82, 2.24) is 4.90 Å². The Morgan fingerprint density at radius 1 is 0.830 bits per heavy atom. The molecule has 9 rings (SSSR count). The fraction of sp³-hybridized carbons (Fsp3) is 0.974. The van der Waals surface area contributed by atoms with E-state index in [0.29, 0.717) is 59.5 Å². The lowest BCUT2D eigenvalue weighted by Gasteiger charge is -2.63. The fourth-order valence-electron chi connectivity index (χ4n) is 14.1. The first-order valence-corrected chi connectivity index (χ1v) is 19.6. The van der Waals surface area contributed by atoms with Gasteiger partial charge in [0.1, 0.15) is 6.61 Å². The highest BCUT2D eigenvalue weighted by atomic mass is 16.7. The molecule has 4 saturated heterocycles. The summed E-state index contributed by atoms with van der Waals surface area (Å²) in [7, 11) is 0. The van der Waals surface area contributed by atoms with E-state index in [9.17, 15) is 4.79 Å². The molecule has 4 heterocycles. The van der Waals surface area contributed by atoms with Crippen molar-refractivity contribution in [2.45, 2.75) is 135 Å². The molecule has 5 aliphatic carbocycles. The molecule has 9 fully saturated rings. The van der Waals surface area contributed by atoms with Crippen LogP contribution >= 0.6 is 0 Å². The highest BCUT2D eigenvalue weighted by Crippen LogP contribution is 2.89. The summed E-state index contributed by atoms with van der Waals surface area (Å²) in [4.78, 5) is 15.3. The molecule has 0 aromatic heterocycles. The van der Waals surface area contributed by atoms with Gasteiger partial charge in [0.15, 0.2) is 6.29 Å². The fourth-order valence-corrected chi connectivity index (χ4v) is 14.1. The van der Waals surface area contributed by atoms with Gasteiger partial charge in [0.25, 0.3) is 0 Å². The molecule has 8 heteroatoms. The van der Waals surface area contributed by atoms with Gasteiger partial charge in [-0.05, 0) is 122 Å². The van der Waals surface area contributed by atoms with Gasteiger partial charge in [-0.3, -0.25) is 9.69 Å². The van der Waals surface area contributed by atoms with E-state index in [1.165, 1.54) is 57.8 Å². The van der Waals surface area contributed by atoms with E-state index in [0.717, 1.165) is 64.0 Å². The first-order valence-electron chi connectivity index (χ1n) is 19.6. The molecule has 0 N–H and O–H groups in total. The van der Waals surface area contributed by atoms with Crippen molar-refractivity contribution >= 4 is 5.97 Å². The zero-order chi connectivity index (χ0) is 32.2. The number of hydrogen-bond donors (Lipinski definition) is 0. The largest absolute Gasteiger partial charge is 0.463 e. The average Bonchev–Trinajstić information content (AvgIpc) is 3.64. The van der Waals surface area contributed by atoms with Crippen LogP contribution in [0, 0.1) is 50.7 Å². The van der Waals surface area contributed by atoms with Crippen molar-refractivity contribution in [1.29, 1.82) is 0 Å². The van der Waals surface area contributed by atoms with Gasteiger partial charge in [0.2, 0.25) is 0 Å². The first kappa shape index (κ1) is 32.2. The second kappa shape index (κ2) is 11.4. The zero-order valence-electron chi connectivity index (χ0n) is 29.6. The van der Waals surface area contributed by atoms with E-state index in [4.69, 9.17) is 28.4 Å². The lowest BCUT2D eigenvalue weighted by molar-refractivity contribution is -0.255. The molecular weight excluding hydrogens is 594 g/mol. The highest BCUT2D eigenvalue weighted by molar-refractivity contribution is 5.72. The Morgan fingerprint density at radius 2 is 1.62 bits per heavy atom. The van der Waals surface area contributed by atoms with Crippen molar-refractivity contribution in [3.63, 3.8) is 0 Å². The van der Waals surface area contributed by atoms with E-state index in [1.54, 1.807) is 0 Å². The van der Waals surface area contributed by atoms with Gasteiger partial charge in [0, 0.05) is 19.8 Å². The lowest BCUT2D eigenvalue weighted by Crippen LogP contribution is -2.59. The Labute approximate surface area is 282 Å². The highest BCUT2D eigenvalue weighted by Gasteiger charge is 2.83. The Kier molecular flexibility index (Phi) is 7.78. The molecule has 264 valence electrons. The summed E-state index contributed by atoms with van der Waals surface area (Å²) in [6.45, 7) is 16.5. The number of carbonyl (C=O) groups excluding carboxylic acids is 1. The second-order valence-electron chi connectivity index (χ2n) is 18.7. The van der Waals surface area contributed by atoms with Crippen molar-refractivity contribution in [2.75, 3.05) is 52.7 Å². The Balaban J connectivity index is 0.869. The van der Waals surface area contributed by atoms with Gasteiger partial charge in [-0.2, -0.15) is 0 Å². The number of rotatable bonds is 6. The minimum absolute atomic E-state index is 0.00510. The van der Waals surface area contributed by atoms with Crippen LogP contribution in [0.2, 0.25) is 0 Å². The summed E-state index contributed by atoms with van der Waals surface area (Å²) in [5, 5.41) is 0. The molecule has 0 amide bonds. The van der Waals surface area contributed by atoms with Gasteiger partial charge < -0.3 is 28.4 Å². The zero-order valence-corrected chi connectivity index (χ0v) is 29.6. The van der Waals surface area contributed by atoms with Crippen LogP contribution in [0.4, 0.5) is 0 Å². The summed E-state index contributed by atoms with van der Waals surface area (Å²) in [5.41, 5.74) is 1.79. The summed E-state index contributed by atoms with van der Waals surface area (Å²) in [6.07, 6.45) is 14.8. The smallest absolute Gasteiger partial charge is 0.309 e. The SMILES string of the molecule is CC1(C)C(OC2CN(C3COC3)CCO2)CCC23CC24CCC2(C)C5CCC(COC(=O)C6CCOCC6)OC5C[C@@]2(C)C4CCC13. The number of nitrogens with zero attached hydrogens (tertiary/aromatic N) is 1. The van der Waals surface area contributed by atoms with E-state index < -0.39 is 0 Å². The first-order chi connectivity index (χ1) is 22.6. The predicted octanol–water partition coefficient (Wildman–Crippen LogP) is 6.00. The standard InChI is InChI=1S/C39H61NO7/c1-35(2)30-7-8-31-37(4)19-29-28(6-5-27(46-29)23-45-34(41)25-10-16-42-17-11-25)36(37,3)13-14-39(31)24-38(30,39)12-9-32(35)47-33-20-40(15-18-44-33)26-21-43-22-26/h25-33H,5-24H2,1-4H3/t27?,28?,29?,30?,31?,32?,33?,36?,37-,38?,39?/m0/s1. The maximum atomic E-state index is 12.8. The summed E-state index contributed by atoms with van der Waals surface area (Å²) >= 11 is 0. The van der Waals surface area contributed by atoms with Crippen LogP contribution in [0.1, 0.15) is 105 Å². The molecule has 11 atom stereocenters. The molecule has 4 aliphatic heterocycles. The lowest BCUT2D eigenvalue weighted by atomic mass is 9.42. The molecule has 0 radical (unpaired) electrons. The number of hydrogen-bond acceptors (Lipinski definition) is 8. The maximum Gasteiger partial charge on any atom is 0.309 e. The molecule has 47 heavy (non-hydrogen) atoms. The Morgan fingerprint density at radius 3 is 2.40 bits per heavy atom. The molecule has 0 bridgehead atoms. The van der Waals surface area contributed by atoms with Crippen LogP contribution in [-0.4, -0.2) is 94.2 Å². The third kappa shape index (κ3) is 4.69. The minimum Gasteiger partial charge on any atom is -0.463 e. The quantitative estimate of drug-likeness (QED) is 0.323. The molecular formula is C39H61NO7. The van der Waals surface area contributed by atoms with E-state index in [2.05, 4.69) is 32.6 Å². The minimum atomic E-state index is -0.113. The van der Waals surface area contributed by atoms with Gasteiger partial charge in [0.05, 0.1) is 56.6 Å². The van der Waals surface area contributed by atoms with E-state index >= 15 is 0 Å². The van der Waals surface area contributed by atoms with Crippen molar-refractivity contribution in [2.24, 2.45) is 50.7 Å². The van der Waals surface area contributed by atoms with Crippen molar-refractivity contribution in [3.8, 4) is 0 Å². The number of morpholine rings is 1. The Bertz CT molecular complexity index is 1220. The summed E-state index contributed by atoms with van der Waals surface area (Å²) in [6, 6.07) is 0.544. The van der Waals surface area contributed by atoms with Crippen molar-refractivity contribution in [3.05, 3.63) is 0 Å². The number of fused-ring (bicyclic) bond motifs is 4. The van der Waals surface area contributed by atoms with Crippen LogP contribution in [0.5, 0.6) is 0 Å². The topological polar surface area (TPSA) is 75.7 Å². The average molecular weight is 656 g/mol. The number of ether oxygens (including phenoxy) is 6. The van der Waals surface area contributed by atoms with Gasteiger partial charge in [-0.15, -0.1) is 0 Å². The predicted molar refractivity (Wildman–Crippen MR) is 175 cm³/mol. The molecule has 10 unspecified atom stereocenters. The molecule has 0 aromatic carbocycles. The van der Waals surface area contributed by atoms with Gasteiger partial charge >= 0.3 is 5.97 Å². The molecule has 9 aliphatic rings. The van der Waals surface area contributed by atoms with E-state index in [1.807, 2.05) is 0 Å².